The highest BCUT2D eigenvalue weighted by Crippen LogP contribution is 2.64. The third-order valence-corrected chi connectivity index (χ3v) is 7.55. The monoisotopic (exact) mass is 353 g/mol. The fraction of sp³-hybridized carbons (Fsp3) is 0.636. The van der Waals surface area contributed by atoms with Crippen LogP contribution in [0.3, 0.4) is 0 Å². The first-order chi connectivity index (χ1) is 12.3. The SMILES string of the molecule is CC(C)[C@H]1C(=O)C2=C3C4=C5C(=CCC[C@@]5(C)CC[C@@]31C)C(=O)N4CCO2. The van der Waals surface area contributed by atoms with Crippen LogP contribution in [0.5, 0.6) is 0 Å². The van der Waals surface area contributed by atoms with Crippen molar-refractivity contribution in [2.24, 2.45) is 22.7 Å². The Morgan fingerprint density at radius 2 is 1.92 bits per heavy atom. The molecule has 0 N–H and O–H groups in total. The number of Topliss-reactive ketones (excluding diaryl/α,β-unsaturated/α-hetero) is 1. The van der Waals surface area contributed by atoms with Gasteiger partial charge in [-0.2, -0.15) is 0 Å². The van der Waals surface area contributed by atoms with Crippen LogP contribution in [0.25, 0.3) is 0 Å². The largest absolute Gasteiger partial charge is 0.488 e. The Balaban J connectivity index is 1.85. The molecule has 0 aromatic rings. The molecule has 4 heteroatoms. The lowest BCUT2D eigenvalue weighted by Gasteiger charge is -2.38. The standard InChI is InChI=1S/C22H27NO3/c1-12(2)14-18(24)19-16-17-15-13(20(25)23(17)10-11-26-19)6-5-7-21(15,3)8-9-22(14,16)4/h6,12,14H,5,7-11H2,1-4H3/t14-,21-,22+/m0/s1. The fourth-order valence-corrected chi connectivity index (χ4v) is 6.38. The van der Waals surface area contributed by atoms with Gasteiger partial charge in [0.15, 0.2) is 5.76 Å². The molecule has 0 bridgehead atoms. The second-order valence-electron chi connectivity index (χ2n) is 9.45. The summed E-state index contributed by atoms with van der Waals surface area (Å²) in [5.41, 5.74) is 3.94. The third kappa shape index (κ3) is 1.71. The van der Waals surface area contributed by atoms with Crippen molar-refractivity contribution in [2.45, 2.75) is 53.4 Å². The molecule has 5 aliphatic rings. The molecule has 3 atom stereocenters. The number of ketones is 1. The minimum Gasteiger partial charge on any atom is -0.488 e. The van der Waals surface area contributed by atoms with Crippen LogP contribution in [0.15, 0.2) is 34.3 Å². The van der Waals surface area contributed by atoms with Gasteiger partial charge in [-0.05, 0) is 42.6 Å². The summed E-state index contributed by atoms with van der Waals surface area (Å²) in [7, 11) is 0. The number of amides is 1. The maximum absolute atomic E-state index is 13.3. The zero-order valence-corrected chi connectivity index (χ0v) is 16.1. The molecule has 26 heavy (non-hydrogen) atoms. The van der Waals surface area contributed by atoms with E-state index in [0.29, 0.717) is 18.9 Å². The predicted octanol–water partition coefficient (Wildman–Crippen LogP) is 3.75. The molecule has 0 aromatic carbocycles. The summed E-state index contributed by atoms with van der Waals surface area (Å²) in [5, 5.41) is 0. The Kier molecular flexibility index (Phi) is 3.08. The summed E-state index contributed by atoms with van der Waals surface area (Å²) in [6, 6.07) is 0. The summed E-state index contributed by atoms with van der Waals surface area (Å²) < 4.78 is 6.02. The van der Waals surface area contributed by atoms with Crippen LogP contribution < -0.4 is 0 Å². The predicted molar refractivity (Wildman–Crippen MR) is 97.8 cm³/mol. The molecule has 138 valence electrons. The Labute approximate surface area is 155 Å². The summed E-state index contributed by atoms with van der Waals surface area (Å²) in [6.07, 6.45) is 6.17. The first-order valence-electron chi connectivity index (χ1n) is 9.99. The number of allylic oxidation sites excluding steroid dienone is 3. The Hall–Kier alpha value is -1.84. The third-order valence-electron chi connectivity index (χ3n) is 7.55. The van der Waals surface area contributed by atoms with E-state index in [0.717, 1.165) is 42.5 Å². The normalized spacial score (nSPS) is 38.4. The van der Waals surface area contributed by atoms with E-state index < -0.39 is 0 Å². The number of nitrogens with zero attached hydrogens (tertiary/aromatic N) is 1. The van der Waals surface area contributed by atoms with Gasteiger partial charge in [0, 0.05) is 22.5 Å². The molecule has 0 fully saturated rings. The molecule has 0 spiro atoms. The van der Waals surface area contributed by atoms with Gasteiger partial charge in [-0.1, -0.05) is 33.8 Å². The molecule has 0 aromatic heterocycles. The van der Waals surface area contributed by atoms with Crippen LogP contribution in [0, 0.1) is 22.7 Å². The molecule has 1 amide bonds. The zero-order valence-electron chi connectivity index (χ0n) is 16.1. The van der Waals surface area contributed by atoms with Crippen molar-refractivity contribution in [3.05, 3.63) is 34.3 Å². The van der Waals surface area contributed by atoms with Gasteiger partial charge >= 0.3 is 0 Å². The van der Waals surface area contributed by atoms with Crippen molar-refractivity contribution in [1.82, 2.24) is 4.90 Å². The van der Waals surface area contributed by atoms with Crippen molar-refractivity contribution in [2.75, 3.05) is 13.2 Å². The van der Waals surface area contributed by atoms with Crippen LogP contribution in [-0.4, -0.2) is 29.7 Å². The molecular formula is C22H27NO3. The number of carbonyl (C=O) groups is 2. The van der Waals surface area contributed by atoms with E-state index >= 15 is 0 Å². The first-order valence-corrected chi connectivity index (χ1v) is 9.99. The second-order valence-corrected chi connectivity index (χ2v) is 9.45. The van der Waals surface area contributed by atoms with Crippen molar-refractivity contribution >= 4 is 11.7 Å². The molecule has 4 nitrogen and oxygen atoms in total. The molecule has 2 aliphatic heterocycles. The molecule has 0 radical (unpaired) electrons. The zero-order chi connectivity index (χ0) is 18.4. The van der Waals surface area contributed by atoms with Crippen molar-refractivity contribution in [1.29, 1.82) is 0 Å². The van der Waals surface area contributed by atoms with Gasteiger partial charge in [0.25, 0.3) is 5.91 Å². The first kappa shape index (κ1) is 16.3. The lowest BCUT2D eigenvalue weighted by molar-refractivity contribution is -0.126. The van der Waals surface area contributed by atoms with Crippen LogP contribution in [-0.2, 0) is 14.3 Å². The summed E-state index contributed by atoms with van der Waals surface area (Å²) in [6.45, 7) is 9.78. The van der Waals surface area contributed by atoms with E-state index in [4.69, 9.17) is 4.74 Å². The van der Waals surface area contributed by atoms with Crippen LogP contribution in [0.1, 0.15) is 53.4 Å². The minimum atomic E-state index is -0.248. The average Bonchev–Trinajstić information content (AvgIpc) is 2.83. The Morgan fingerprint density at radius 1 is 1.15 bits per heavy atom. The maximum Gasteiger partial charge on any atom is 0.258 e. The van der Waals surface area contributed by atoms with Gasteiger partial charge in [-0.3, -0.25) is 9.59 Å². The Morgan fingerprint density at radius 3 is 2.65 bits per heavy atom. The smallest absolute Gasteiger partial charge is 0.258 e. The van der Waals surface area contributed by atoms with E-state index in [1.165, 1.54) is 5.57 Å². The van der Waals surface area contributed by atoms with E-state index in [1.807, 2.05) is 4.90 Å². The Bertz CT molecular complexity index is 845. The lowest BCUT2D eigenvalue weighted by Crippen LogP contribution is -2.37. The molecule has 0 saturated heterocycles. The van der Waals surface area contributed by atoms with Gasteiger partial charge in [-0.25, -0.2) is 0 Å². The van der Waals surface area contributed by atoms with Crippen LogP contribution in [0.4, 0.5) is 0 Å². The second kappa shape index (κ2) is 4.90. The van der Waals surface area contributed by atoms with Gasteiger partial charge in [0.1, 0.15) is 6.61 Å². The summed E-state index contributed by atoms with van der Waals surface area (Å²) in [5.74, 6) is 1.01. The highest BCUT2D eigenvalue weighted by Gasteiger charge is 2.60. The fourth-order valence-electron chi connectivity index (χ4n) is 6.38. The van der Waals surface area contributed by atoms with Gasteiger partial charge < -0.3 is 9.64 Å². The van der Waals surface area contributed by atoms with Crippen LogP contribution in [0.2, 0.25) is 0 Å². The van der Waals surface area contributed by atoms with Crippen LogP contribution >= 0.6 is 0 Å². The minimum absolute atomic E-state index is 0.0181. The molecule has 5 rings (SSSR count). The number of carbonyl (C=O) groups excluding carboxylic acids is 2. The van der Waals surface area contributed by atoms with E-state index in [2.05, 4.69) is 33.8 Å². The van der Waals surface area contributed by atoms with E-state index in [9.17, 15) is 9.59 Å². The highest BCUT2D eigenvalue weighted by molar-refractivity contribution is 6.07. The lowest BCUT2D eigenvalue weighted by atomic mass is 9.65. The quantitative estimate of drug-likeness (QED) is 0.721. The average molecular weight is 353 g/mol. The highest BCUT2D eigenvalue weighted by atomic mass is 16.5. The van der Waals surface area contributed by atoms with Crippen molar-refractivity contribution in [3.63, 3.8) is 0 Å². The molecule has 0 saturated carbocycles. The van der Waals surface area contributed by atoms with Gasteiger partial charge in [0.05, 0.1) is 12.2 Å². The molecular weight excluding hydrogens is 326 g/mol. The van der Waals surface area contributed by atoms with Crippen molar-refractivity contribution in [3.8, 4) is 0 Å². The maximum atomic E-state index is 13.3. The van der Waals surface area contributed by atoms with Gasteiger partial charge in [0.2, 0.25) is 5.78 Å². The molecule has 3 aliphatic carbocycles. The van der Waals surface area contributed by atoms with Crippen molar-refractivity contribution < 1.29 is 14.3 Å². The summed E-state index contributed by atoms with van der Waals surface area (Å²) >= 11 is 0. The van der Waals surface area contributed by atoms with Gasteiger partial charge in [-0.15, -0.1) is 0 Å². The number of hydrogen-bond acceptors (Lipinski definition) is 3. The topological polar surface area (TPSA) is 46.6 Å². The van der Waals surface area contributed by atoms with E-state index in [-0.39, 0.29) is 34.4 Å². The molecule has 0 unspecified atom stereocenters. The number of hydrogen-bond donors (Lipinski definition) is 0. The molecule has 2 heterocycles. The number of rotatable bonds is 1. The number of ether oxygens (including phenoxy) is 1. The summed E-state index contributed by atoms with van der Waals surface area (Å²) in [4.78, 5) is 28.4. The van der Waals surface area contributed by atoms with E-state index in [1.54, 1.807) is 0 Å².